The van der Waals surface area contributed by atoms with E-state index in [0.717, 1.165) is 5.56 Å². The van der Waals surface area contributed by atoms with Crippen LogP contribution in [0.3, 0.4) is 0 Å². The number of hydrogen-bond acceptors (Lipinski definition) is 5. The molecule has 1 heterocycles. The van der Waals surface area contributed by atoms with E-state index < -0.39 is 6.10 Å². The standard InChI is InChI=1S/C18H19N3O3/c1-3-23-18-15(8-6-10-20-18)12-21-17(22)13(2)24-16-9-5-4-7-14(16)11-19/h4-10,13H,3,12H2,1-2H3,(H,21,22). The number of nitrogens with one attached hydrogen (secondary N) is 1. The van der Waals surface area contributed by atoms with Crippen LogP contribution in [0.5, 0.6) is 11.6 Å². The molecule has 0 radical (unpaired) electrons. The van der Waals surface area contributed by atoms with Crippen molar-refractivity contribution in [1.29, 1.82) is 5.26 Å². The molecule has 1 unspecified atom stereocenters. The Morgan fingerprint density at radius 2 is 2.12 bits per heavy atom. The van der Waals surface area contributed by atoms with E-state index in [9.17, 15) is 4.79 Å². The fourth-order valence-corrected chi connectivity index (χ4v) is 2.06. The summed E-state index contributed by atoms with van der Waals surface area (Å²) in [6, 6.07) is 12.5. The van der Waals surface area contributed by atoms with Crippen molar-refractivity contribution in [3.8, 4) is 17.7 Å². The highest BCUT2D eigenvalue weighted by atomic mass is 16.5. The Labute approximate surface area is 141 Å². The van der Waals surface area contributed by atoms with Gasteiger partial charge in [0.05, 0.1) is 12.2 Å². The maximum atomic E-state index is 12.2. The van der Waals surface area contributed by atoms with Crippen LogP contribution in [0.2, 0.25) is 0 Å². The second kappa shape index (κ2) is 8.53. The minimum atomic E-state index is -0.730. The van der Waals surface area contributed by atoms with E-state index in [4.69, 9.17) is 14.7 Å². The number of nitrogens with zero attached hydrogens (tertiary/aromatic N) is 2. The van der Waals surface area contributed by atoms with Crippen LogP contribution in [-0.4, -0.2) is 23.6 Å². The molecule has 1 aromatic carbocycles. The zero-order valence-electron chi connectivity index (χ0n) is 13.7. The summed E-state index contributed by atoms with van der Waals surface area (Å²) in [6.45, 7) is 4.30. The van der Waals surface area contributed by atoms with Crippen LogP contribution in [-0.2, 0) is 11.3 Å². The van der Waals surface area contributed by atoms with Crippen LogP contribution in [0, 0.1) is 11.3 Å². The maximum absolute atomic E-state index is 12.2. The lowest BCUT2D eigenvalue weighted by molar-refractivity contribution is -0.127. The van der Waals surface area contributed by atoms with E-state index in [2.05, 4.69) is 10.3 Å². The second-order valence-electron chi connectivity index (χ2n) is 4.99. The fraction of sp³-hybridized carbons (Fsp3) is 0.278. The molecule has 0 bridgehead atoms. The minimum Gasteiger partial charge on any atom is -0.480 e. The summed E-state index contributed by atoms with van der Waals surface area (Å²) in [4.78, 5) is 16.4. The molecule has 6 nitrogen and oxygen atoms in total. The van der Waals surface area contributed by atoms with Gasteiger partial charge >= 0.3 is 0 Å². The quantitative estimate of drug-likeness (QED) is 0.845. The predicted octanol–water partition coefficient (Wildman–Crippen LogP) is 2.44. The highest BCUT2D eigenvalue weighted by Crippen LogP contribution is 2.18. The molecular weight excluding hydrogens is 306 g/mol. The molecule has 24 heavy (non-hydrogen) atoms. The molecule has 0 aliphatic rings. The lowest BCUT2D eigenvalue weighted by Gasteiger charge is -2.16. The molecule has 0 fully saturated rings. The first kappa shape index (κ1) is 17.3. The molecule has 0 spiro atoms. The number of carbonyl (C=O) groups excluding carboxylic acids is 1. The normalized spacial score (nSPS) is 11.2. The van der Waals surface area contributed by atoms with E-state index in [1.54, 1.807) is 43.5 Å². The summed E-state index contributed by atoms with van der Waals surface area (Å²) in [7, 11) is 0. The Hall–Kier alpha value is -3.07. The number of nitriles is 1. The van der Waals surface area contributed by atoms with Crippen LogP contribution in [0.25, 0.3) is 0 Å². The Bertz CT molecular complexity index is 740. The number of pyridine rings is 1. The van der Waals surface area contributed by atoms with Crippen LogP contribution < -0.4 is 14.8 Å². The smallest absolute Gasteiger partial charge is 0.261 e. The van der Waals surface area contributed by atoms with Crippen LogP contribution >= 0.6 is 0 Å². The fourth-order valence-electron chi connectivity index (χ4n) is 2.06. The first-order chi connectivity index (χ1) is 11.7. The zero-order chi connectivity index (χ0) is 17.4. The van der Waals surface area contributed by atoms with Crippen LogP contribution in [0.1, 0.15) is 25.0 Å². The van der Waals surface area contributed by atoms with Crippen molar-refractivity contribution in [2.45, 2.75) is 26.5 Å². The van der Waals surface area contributed by atoms with E-state index in [1.807, 2.05) is 19.1 Å². The molecule has 1 amide bonds. The largest absolute Gasteiger partial charge is 0.480 e. The third-order valence-electron chi connectivity index (χ3n) is 3.26. The average molecular weight is 325 g/mol. The van der Waals surface area contributed by atoms with Crippen molar-refractivity contribution in [3.05, 3.63) is 53.7 Å². The van der Waals surface area contributed by atoms with E-state index in [1.165, 1.54) is 0 Å². The molecule has 2 rings (SSSR count). The summed E-state index contributed by atoms with van der Waals surface area (Å²) < 4.78 is 11.0. The topological polar surface area (TPSA) is 84.2 Å². The first-order valence-electron chi connectivity index (χ1n) is 7.66. The van der Waals surface area contributed by atoms with Crippen molar-refractivity contribution in [3.63, 3.8) is 0 Å². The Morgan fingerprint density at radius 1 is 1.33 bits per heavy atom. The lowest BCUT2D eigenvalue weighted by atomic mass is 10.2. The number of carbonyl (C=O) groups is 1. The maximum Gasteiger partial charge on any atom is 0.261 e. The van der Waals surface area contributed by atoms with Gasteiger partial charge in [0, 0.05) is 18.3 Å². The van der Waals surface area contributed by atoms with Gasteiger partial charge in [0.15, 0.2) is 6.10 Å². The number of para-hydroxylation sites is 1. The van der Waals surface area contributed by atoms with Gasteiger partial charge in [-0.2, -0.15) is 5.26 Å². The second-order valence-corrected chi connectivity index (χ2v) is 4.99. The molecule has 0 saturated heterocycles. The Balaban J connectivity index is 1.96. The van der Waals surface area contributed by atoms with Crippen molar-refractivity contribution < 1.29 is 14.3 Å². The van der Waals surface area contributed by atoms with Crippen molar-refractivity contribution in [1.82, 2.24) is 10.3 Å². The molecule has 1 N–H and O–H groups in total. The number of ether oxygens (including phenoxy) is 2. The van der Waals surface area contributed by atoms with Gasteiger partial charge in [0.25, 0.3) is 5.91 Å². The highest BCUT2D eigenvalue weighted by molar-refractivity contribution is 5.80. The van der Waals surface area contributed by atoms with Gasteiger partial charge in [-0.25, -0.2) is 4.98 Å². The summed E-state index contributed by atoms with van der Waals surface area (Å²) >= 11 is 0. The Kier molecular flexibility index (Phi) is 6.15. The summed E-state index contributed by atoms with van der Waals surface area (Å²) in [6.07, 6.45) is 0.910. The minimum absolute atomic E-state index is 0.283. The molecule has 1 atom stereocenters. The summed E-state index contributed by atoms with van der Waals surface area (Å²) in [5.74, 6) is 0.608. The molecule has 2 aromatic rings. The number of rotatable bonds is 7. The van der Waals surface area contributed by atoms with Gasteiger partial charge in [-0.3, -0.25) is 4.79 Å². The van der Waals surface area contributed by atoms with E-state index in [-0.39, 0.29) is 12.5 Å². The molecule has 1 aromatic heterocycles. The zero-order valence-corrected chi connectivity index (χ0v) is 13.7. The predicted molar refractivity (Wildman–Crippen MR) is 88.5 cm³/mol. The number of aromatic nitrogens is 1. The number of amides is 1. The molecule has 0 aliphatic carbocycles. The van der Waals surface area contributed by atoms with Gasteiger partial charge in [-0.05, 0) is 32.0 Å². The van der Waals surface area contributed by atoms with E-state index >= 15 is 0 Å². The molecular formula is C18H19N3O3. The van der Waals surface area contributed by atoms with Gasteiger partial charge in [-0.15, -0.1) is 0 Å². The molecule has 6 heteroatoms. The van der Waals surface area contributed by atoms with Crippen molar-refractivity contribution in [2.24, 2.45) is 0 Å². The monoisotopic (exact) mass is 325 g/mol. The first-order valence-corrected chi connectivity index (χ1v) is 7.66. The van der Waals surface area contributed by atoms with Gasteiger partial charge < -0.3 is 14.8 Å². The van der Waals surface area contributed by atoms with Gasteiger partial charge in [0.1, 0.15) is 11.8 Å². The summed E-state index contributed by atoms with van der Waals surface area (Å²) in [5, 5.41) is 11.8. The van der Waals surface area contributed by atoms with Gasteiger partial charge in [-0.1, -0.05) is 18.2 Å². The molecule has 0 aliphatic heterocycles. The summed E-state index contributed by atoms with van der Waals surface area (Å²) in [5.41, 5.74) is 1.18. The third-order valence-corrected chi connectivity index (χ3v) is 3.26. The SMILES string of the molecule is CCOc1ncccc1CNC(=O)C(C)Oc1ccccc1C#N. The van der Waals surface area contributed by atoms with E-state index in [0.29, 0.717) is 23.8 Å². The number of benzene rings is 1. The molecule has 0 saturated carbocycles. The third kappa shape index (κ3) is 4.46. The molecule has 124 valence electrons. The average Bonchev–Trinajstić information content (AvgIpc) is 2.61. The van der Waals surface area contributed by atoms with Crippen molar-refractivity contribution in [2.75, 3.05) is 6.61 Å². The van der Waals surface area contributed by atoms with Gasteiger partial charge in [0.2, 0.25) is 5.88 Å². The van der Waals surface area contributed by atoms with Crippen LogP contribution in [0.4, 0.5) is 0 Å². The highest BCUT2D eigenvalue weighted by Gasteiger charge is 2.16. The van der Waals surface area contributed by atoms with Crippen LogP contribution in [0.15, 0.2) is 42.6 Å². The van der Waals surface area contributed by atoms with Crippen molar-refractivity contribution >= 4 is 5.91 Å². The number of hydrogen-bond donors (Lipinski definition) is 1. The Morgan fingerprint density at radius 3 is 2.88 bits per heavy atom. The lowest BCUT2D eigenvalue weighted by Crippen LogP contribution is -2.36.